The molecular formula is C14H26N4. The minimum Gasteiger partial charge on any atom is -0.373 e. The van der Waals surface area contributed by atoms with E-state index in [2.05, 4.69) is 48.3 Å². The largest absolute Gasteiger partial charge is 0.373 e. The van der Waals surface area contributed by atoms with Crippen molar-refractivity contribution in [3.63, 3.8) is 0 Å². The predicted molar refractivity (Wildman–Crippen MR) is 78.2 cm³/mol. The van der Waals surface area contributed by atoms with Crippen LogP contribution in [0.2, 0.25) is 0 Å². The summed E-state index contributed by atoms with van der Waals surface area (Å²) in [6, 6.07) is 1.97. The number of nitrogens with one attached hydrogen (secondary N) is 2. The average Bonchev–Trinajstić information content (AvgIpc) is 2.28. The molecule has 0 aliphatic rings. The highest BCUT2D eigenvalue weighted by Crippen LogP contribution is 2.20. The number of anilines is 2. The molecule has 0 radical (unpaired) electrons. The fourth-order valence-electron chi connectivity index (χ4n) is 2.06. The molecule has 0 saturated carbocycles. The minimum atomic E-state index is 0.0671. The van der Waals surface area contributed by atoms with E-state index in [1.165, 1.54) is 0 Å². The smallest absolute Gasteiger partial charge is 0.133 e. The number of nitrogens with zero attached hydrogens (tertiary/aromatic N) is 2. The molecule has 2 N–H and O–H groups in total. The highest BCUT2D eigenvalue weighted by molar-refractivity contribution is 5.48. The van der Waals surface area contributed by atoms with Crippen molar-refractivity contribution in [1.82, 2.24) is 9.97 Å². The third kappa shape index (κ3) is 4.51. The molecule has 0 fully saturated rings. The third-order valence-corrected chi connectivity index (χ3v) is 2.84. The van der Waals surface area contributed by atoms with Crippen LogP contribution in [0.3, 0.4) is 0 Å². The normalized spacial score (nSPS) is 11.4. The van der Waals surface area contributed by atoms with Crippen LogP contribution >= 0.6 is 0 Å². The maximum Gasteiger partial charge on any atom is 0.133 e. The fraction of sp³-hybridized carbons (Fsp3) is 0.714. The van der Waals surface area contributed by atoms with Gasteiger partial charge in [-0.15, -0.1) is 0 Å². The first kappa shape index (κ1) is 14.7. The Morgan fingerprint density at radius 3 is 2.33 bits per heavy atom. The van der Waals surface area contributed by atoms with E-state index in [9.17, 15) is 0 Å². The van der Waals surface area contributed by atoms with Gasteiger partial charge in [-0.2, -0.15) is 0 Å². The van der Waals surface area contributed by atoms with Crippen LogP contribution in [0.4, 0.5) is 11.6 Å². The van der Waals surface area contributed by atoms with E-state index in [0.29, 0.717) is 0 Å². The number of aryl methyl sites for hydroxylation is 1. The van der Waals surface area contributed by atoms with Crippen LogP contribution < -0.4 is 10.6 Å². The highest BCUT2D eigenvalue weighted by Gasteiger charge is 2.17. The fourth-order valence-corrected chi connectivity index (χ4v) is 2.06. The SMILES string of the molecule is CCCc1nc(NC)cc(NC(C)(C)CCC)n1. The molecule has 0 spiro atoms. The van der Waals surface area contributed by atoms with Crippen molar-refractivity contribution in [3.05, 3.63) is 11.9 Å². The Bertz CT molecular complexity index is 374. The van der Waals surface area contributed by atoms with E-state index in [1.54, 1.807) is 0 Å². The molecule has 18 heavy (non-hydrogen) atoms. The van der Waals surface area contributed by atoms with Gasteiger partial charge in [-0.05, 0) is 26.7 Å². The zero-order valence-electron chi connectivity index (χ0n) is 12.3. The molecule has 0 amide bonds. The first-order valence-electron chi connectivity index (χ1n) is 6.84. The van der Waals surface area contributed by atoms with E-state index < -0.39 is 0 Å². The Kier molecular flexibility index (Phi) is 5.38. The second-order valence-corrected chi connectivity index (χ2v) is 5.31. The molecule has 1 rings (SSSR count). The number of rotatable bonds is 7. The molecule has 4 nitrogen and oxygen atoms in total. The molecule has 1 aromatic heterocycles. The zero-order chi connectivity index (χ0) is 13.6. The van der Waals surface area contributed by atoms with Crippen LogP contribution in [0.25, 0.3) is 0 Å². The second kappa shape index (κ2) is 6.57. The molecule has 0 bridgehead atoms. The number of hydrogen-bond acceptors (Lipinski definition) is 4. The van der Waals surface area contributed by atoms with Crippen molar-refractivity contribution in [1.29, 1.82) is 0 Å². The van der Waals surface area contributed by atoms with Gasteiger partial charge in [0.25, 0.3) is 0 Å². The van der Waals surface area contributed by atoms with Crippen molar-refractivity contribution in [2.24, 2.45) is 0 Å². The van der Waals surface area contributed by atoms with Crippen LogP contribution in [0.1, 0.15) is 52.8 Å². The summed E-state index contributed by atoms with van der Waals surface area (Å²) in [6.45, 7) is 8.75. The maximum atomic E-state index is 4.58. The van der Waals surface area contributed by atoms with Crippen molar-refractivity contribution in [3.8, 4) is 0 Å². The van der Waals surface area contributed by atoms with E-state index in [-0.39, 0.29) is 5.54 Å². The van der Waals surface area contributed by atoms with Crippen LogP contribution in [-0.2, 0) is 6.42 Å². The lowest BCUT2D eigenvalue weighted by molar-refractivity contribution is 0.508. The van der Waals surface area contributed by atoms with E-state index in [4.69, 9.17) is 0 Å². The van der Waals surface area contributed by atoms with Gasteiger partial charge in [-0.3, -0.25) is 0 Å². The molecule has 0 unspecified atom stereocenters. The Labute approximate surface area is 111 Å². The second-order valence-electron chi connectivity index (χ2n) is 5.31. The van der Waals surface area contributed by atoms with E-state index >= 15 is 0 Å². The summed E-state index contributed by atoms with van der Waals surface area (Å²) >= 11 is 0. The van der Waals surface area contributed by atoms with Gasteiger partial charge in [0.15, 0.2) is 0 Å². The first-order chi connectivity index (χ1) is 8.50. The molecule has 1 heterocycles. The highest BCUT2D eigenvalue weighted by atomic mass is 15.1. The summed E-state index contributed by atoms with van der Waals surface area (Å²) in [6.07, 6.45) is 4.25. The van der Waals surface area contributed by atoms with Gasteiger partial charge in [0.05, 0.1) is 0 Å². The molecule has 1 aromatic rings. The Morgan fingerprint density at radius 1 is 1.11 bits per heavy atom. The van der Waals surface area contributed by atoms with Gasteiger partial charge in [-0.1, -0.05) is 20.3 Å². The quantitative estimate of drug-likeness (QED) is 0.778. The van der Waals surface area contributed by atoms with Crippen LogP contribution in [0.15, 0.2) is 6.07 Å². The molecule has 102 valence electrons. The number of aromatic nitrogens is 2. The molecular weight excluding hydrogens is 224 g/mol. The molecule has 0 aliphatic carbocycles. The Morgan fingerprint density at radius 2 is 1.78 bits per heavy atom. The molecule has 4 heteroatoms. The van der Waals surface area contributed by atoms with E-state index in [1.807, 2.05) is 13.1 Å². The lowest BCUT2D eigenvalue weighted by atomic mass is 9.99. The Hall–Kier alpha value is -1.32. The Balaban J connectivity index is 2.90. The standard InChI is InChI=1S/C14H26N4/c1-6-8-11-16-12(15-5)10-13(17-11)18-14(3,4)9-7-2/h10H,6-9H2,1-5H3,(H2,15,16,17,18). The minimum absolute atomic E-state index is 0.0671. The summed E-state index contributed by atoms with van der Waals surface area (Å²) in [5.41, 5.74) is 0.0671. The predicted octanol–water partition coefficient (Wildman–Crippen LogP) is 3.46. The number of hydrogen-bond donors (Lipinski definition) is 2. The van der Waals surface area contributed by atoms with Crippen LogP contribution in [-0.4, -0.2) is 22.6 Å². The summed E-state index contributed by atoms with van der Waals surface area (Å²) in [5.74, 6) is 2.69. The summed E-state index contributed by atoms with van der Waals surface area (Å²) in [5, 5.41) is 6.59. The van der Waals surface area contributed by atoms with Gasteiger partial charge in [0.2, 0.25) is 0 Å². The van der Waals surface area contributed by atoms with Gasteiger partial charge >= 0.3 is 0 Å². The molecule has 0 atom stereocenters. The lowest BCUT2D eigenvalue weighted by Gasteiger charge is -2.26. The van der Waals surface area contributed by atoms with Gasteiger partial charge < -0.3 is 10.6 Å². The van der Waals surface area contributed by atoms with Gasteiger partial charge in [0.1, 0.15) is 17.5 Å². The van der Waals surface area contributed by atoms with E-state index in [0.717, 1.165) is 43.1 Å². The van der Waals surface area contributed by atoms with Gasteiger partial charge in [0, 0.05) is 25.1 Å². The monoisotopic (exact) mass is 250 g/mol. The van der Waals surface area contributed by atoms with Crippen molar-refractivity contribution in [2.45, 2.75) is 58.9 Å². The van der Waals surface area contributed by atoms with Crippen LogP contribution in [0, 0.1) is 0 Å². The van der Waals surface area contributed by atoms with Crippen molar-refractivity contribution < 1.29 is 0 Å². The third-order valence-electron chi connectivity index (χ3n) is 2.84. The van der Waals surface area contributed by atoms with Crippen LogP contribution in [0.5, 0.6) is 0 Å². The molecule has 0 aliphatic heterocycles. The summed E-state index contributed by atoms with van der Waals surface area (Å²) in [4.78, 5) is 9.03. The van der Waals surface area contributed by atoms with Gasteiger partial charge in [-0.25, -0.2) is 9.97 Å². The summed E-state index contributed by atoms with van der Waals surface area (Å²) < 4.78 is 0. The first-order valence-corrected chi connectivity index (χ1v) is 6.84. The zero-order valence-corrected chi connectivity index (χ0v) is 12.3. The average molecular weight is 250 g/mol. The lowest BCUT2D eigenvalue weighted by Crippen LogP contribution is -2.31. The molecule has 0 aromatic carbocycles. The molecule has 0 saturated heterocycles. The maximum absolute atomic E-state index is 4.58. The van der Waals surface area contributed by atoms with Crippen molar-refractivity contribution >= 4 is 11.6 Å². The summed E-state index contributed by atoms with van der Waals surface area (Å²) in [7, 11) is 1.89. The topological polar surface area (TPSA) is 49.8 Å². The van der Waals surface area contributed by atoms with Crippen molar-refractivity contribution in [2.75, 3.05) is 17.7 Å².